The van der Waals surface area contributed by atoms with Gasteiger partial charge in [-0.2, -0.15) is 0 Å². The van der Waals surface area contributed by atoms with Crippen molar-refractivity contribution < 1.29 is 9.13 Å². The van der Waals surface area contributed by atoms with Crippen LogP contribution in [0.2, 0.25) is 0 Å². The number of aromatic nitrogens is 1. The molecule has 0 atom stereocenters. The number of halogens is 1. The monoisotopic (exact) mass is 327 g/mol. The Kier molecular flexibility index (Phi) is 5.08. The van der Waals surface area contributed by atoms with Crippen molar-refractivity contribution >= 4 is 11.5 Å². The second kappa shape index (κ2) is 7.04. The molecule has 6 heteroatoms. The fourth-order valence-electron chi connectivity index (χ4n) is 1.88. The van der Waals surface area contributed by atoms with Crippen LogP contribution in [0.25, 0.3) is 11.5 Å². The van der Waals surface area contributed by atoms with Crippen molar-refractivity contribution in [3.05, 3.63) is 83.0 Å². The summed E-state index contributed by atoms with van der Waals surface area (Å²) in [7, 11) is 0. The average molecular weight is 327 g/mol. The molecule has 0 unspecified atom stereocenters. The van der Waals surface area contributed by atoms with Gasteiger partial charge in [0.05, 0.1) is 11.4 Å². The van der Waals surface area contributed by atoms with Gasteiger partial charge in [0, 0.05) is 17.3 Å². The third-order valence-corrected chi connectivity index (χ3v) is 3.45. The van der Waals surface area contributed by atoms with Gasteiger partial charge in [0.25, 0.3) is 0 Å². The van der Waals surface area contributed by atoms with Crippen molar-refractivity contribution in [1.82, 2.24) is 4.98 Å². The molecule has 1 aromatic carbocycles. The fraction of sp³-hybridized carbons (Fsp3) is 0.167. The summed E-state index contributed by atoms with van der Waals surface area (Å²) in [5.41, 5.74) is 7.22. The Morgan fingerprint density at radius 2 is 1.88 bits per heavy atom. The summed E-state index contributed by atoms with van der Waals surface area (Å²) in [5, 5.41) is 3.04. The first-order valence-corrected chi connectivity index (χ1v) is 7.22. The summed E-state index contributed by atoms with van der Waals surface area (Å²) in [5.74, 6) is 0.00863. The molecule has 0 saturated carbocycles. The van der Waals surface area contributed by atoms with Crippen molar-refractivity contribution in [3.63, 3.8) is 0 Å². The van der Waals surface area contributed by atoms with Crippen molar-refractivity contribution in [3.8, 4) is 0 Å². The minimum absolute atomic E-state index is 0.333. The highest BCUT2D eigenvalue weighted by Crippen LogP contribution is 2.23. The molecule has 0 bridgehead atoms. The molecule has 0 amide bonds. The van der Waals surface area contributed by atoms with Crippen LogP contribution < -0.4 is 5.73 Å². The Hall–Kier alpha value is -3.02. The highest BCUT2D eigenvalue weighted by atomic mass is 19.1. The van der Waals surface area contributed by atoms with Crippen LogP contribution in [-0.4, -0.2) is 4.98 Å². The van der Waals surface area contributed by atoms with E-state index in [0.29, 0.717) is 28.3 Å². The van der Waals surface area contributed by atoms with Gasteiger partial charge in [-0.15, -0.1) is 4.91 Å². The smallest absolute Gasteiger partial charge is 0.139 e. The average Bonchev–Trinajstić information content (AvgIpc) is 2.60. The van der Waals surface area contributed by atoms with E-state index in [1.807, 2.05) is 0 Å². The number of hydrogen-bond acceptors (Lipinski definition) is 5. The third kappa shape index (κ3) is 4.04. The lowest BCUT2D eigenvalue weighted by Gasteiger charge is -2.14. The maximum atomic E-state index is 12.9. The summed E-state index contributed by atoms with van der Waals surface area (Å²) in [6, 6.07) is 9.18. The van der Waals surface area contributed by atoms with Crippen LogP contribution in [0.4, 0.5) is 4.39 Å². The van der Waals surface area contributed by atoms with E-state index in [9.17, 15) is 9.30 Å². The number of pyridine rings is 1. The number of hydrogen-bond donors (Lipinski definition) is 1. The van der Waals surface area contributed by atoms with Gasteiger partial charge in [-0.3, -0.25) is 4.98 Å². The lowest BCUT2D eigenvalue weighted by molar-refractivity contribution is 0.439. The zero-order chi connectivity index (χ0) is 17.7. The lowest BCUT2D eigenvalue weighted by atomic mass is 10.0. The fourth-order valence-corrected chi connectivity index (χ4v) is 1.88. The second-order valence-electron chi connectivity index (χ2n) is 5.70. The summed E-state index contributed by atoms with van der Waals surface area (Å²) in [6.07, 6.45) is 2.88. The van der Waals surface area contributed by atoms with Gasteiger partial charge in [-0.05, 0) is 50.2 Å². The number of benzene rings is 1. The summed E-state index contributed by atoms with van der Waals surface area (Å²) in [6.45, 7) is 7.13. The summed E-state index contributed by atoms with van der Waals surface area (Å²) in [4.78, 5) is 15.0. The molecule has 24 heavy (non-hydrogen) atoms. The largest absolute Gasteiger partial charge is 0.463 e. The third-order valence-electron chi connectivity index (χ3n) is 3.45. The molecule has 0 aliphatic carbocycles. The van der Waals surface area contributed by atoms with E-state index >= 15 is 0 Å². The van der Waals surface area contributed by atoms with Gasteiger partial charge in [0.2, 0.25) is 0 Å². The number of ether oxygens (including phenoxy) is 1. The zero-order valence-corrected chi connectivity index (χ0v) is 13.5. The Bertz CT molecular complexity index is 766. The van der Waals surface area contributed by atoms with Crippen LogP contribution in [0.1, 0.15) is 30.7 Å². The molecular formula is C18H18FN3O2. The summed E-state index contributed by atoms with van der Waals surface area (Å²) < 4.78 is 18.3. The zero-order valence-electron chi connectivity index (χ0n) is 13.5. The second-order valence-corrected chi connectivity index (χ2v) is 5.70. The highest BCUT2D eigenvalue weighted by molar-refractivity contribution is 5.63. The normalized spacial score (nSPS) is 11.9. The van der Waals surface area contributed by atoms with E-state index in [0.717, 1.165) is 0 Å². The van der Waals surface area contributed by atoms with E-state index in [2.05, 4.69) is 16.7 Å². The predicted molar refractivity (Wildman–Crippen MR) is 91.7 cm³/mol. The molecule has 0 aliphatic heterocycles. The van der Waals surface area contributed by atoms with Gasteiger partial charge in [0.1, 0.15) is 23.4 Å². The number of nitrogens with two attached hydrogens (primary N) is 1. The first-order valence-electron chi connectivity index (χ1n) is 7.22. The molecule has 2 aromatic rings. The molecule has 0 radical (unpaired) electrons. The van der Waals surface area contributed by atoms with Crippen molar-refractivity contribution in [2.75, 3.05) is 0 Å². The highest BCUT2D eigenvalue weighted by Gasteiger charge is 2.22. The first kappa shape index (κ1) is 17.3. The Morgan fingerprint density at radius 1 is 1.25 bits per heavy atom. The molecule has 5 nitrogen and oxygen atoms in total. The van der Waals surface area contributed by atoms with Crippen LogP contribution in [0.3, 0.4) is 0 Å². The van der Waals surface area contributed by atoms with E-state index < -0.39 is 5.54 Å². The first-order chi connectivity index (χ1) is 11.3. The molecular weight excluding hydrogens is 309 g/mol. The van der Waals surface area contributed by atoms with E-state index in [4.69, 9.17) is 10.5 Å². The van der Waals surface area contributed by atoms with Gasteiger partial charge in [0.15, 0.2) is 0 Å². The maximum Gasteiger partial charge on any atom is 0.139 e. The molecule has 1 aromatic heterocycles. The Morgan fingerprint density at radius 3 is 2.42 bits per heavy atom. The molecule has 2 N–H and O–H groups in total. The quantitative estimate of drug-likeness (QED) is 0.638. The molecule has 0 fully saturated rings. The summed E-state index contributed by atoms with van der Waals surface area (Å²) >= 11 is 0. The lowest BCUT2D eigenvalue weighted by Crippen LogP contribution is -2.15. The van der Waals surface area contributed by atoms with E-state index in [1.165, 1.54) is 24.6 Å². The van der Waals surface area contributed by atoms with Gasteiger partial charge < -0.3 is 10.5 Å². The minimum atomic E-state index is -0.898. The van der Waals surface area contributed by atoms with Gasteiger partial charge in [-0.25, -0.2) is 4.39 Å². The number of nitrogens with zero attached hydrogens (tertiary/aromatic N) is 2. The van der Waals surface area contributed by atoms with Crippen LogP contribution in [0.15, 0.2) is 60.6 Å². The van der Waals surface area contributed by atoms with E-state index in [1.54, 1.807) is 38.1 Å². The molecule has 0 saturated heterocycles. The molecule has 2 rings (SSSR count). The maximum absolute atomic E-state index is 12.9. The number of nitroso groups, excluding NO2 is 1. The van der Waals surface area contributed by atoms with Crippen molar-refractivity contribution in [2.24, 2.45) is 10.9 Å². The van der Waals surface area contributed by atoms with Gasteiger partial charge in [-0.1, -0.05) is 11.8 Å². The van der Waals surface area contributed by atoms with Crippen LogP contribution >= 0.6 is 0 Å². The Balaban J connectivity index is 2.09. The number of rotatable bonds is 6. The van der Waals surface area contributed by atoms with Crippen molar-refractivity contribution in [1.29, 1.82) is 0 Å². The molecule has 0 aliphatic rings. The Labute approximate surface area is 139 Å². The predicted octanol–water partition coefficient (Wildman–Crippen LogP) is 4.17. The SMILES string of the molecule is C=C(O/C=C(\N)c1ccc(C(C)(C)N=O)nc1)c1ccc(F)cc1. The molecule has 124 valence electrons. The topological polar surface area (TPSA) is 77.6 Å². The van der Waals surface area contributed by atoms with Crippen LogP contribution in [-0.2, 0) is 10.3 Å². The molecule has 1 heterocycles. The minimum Gasteiger partial charge on any atom is -0.463 e. The van der Waals surface area contributed by atoms with Crippen LogP contribution in [0, 0.1) is 10.7 Å². The molecule has 0 spiro atoms. The van der Waals surface area contributed by atoms with E-state index in [-0.39, 0.29) is 5.82 Å². The van der Waals surface area contributed by atoms with Crippen molar-refractivity contribution in [2.45, 2.75) is 19.4 Å². The van der Waals surface area contributed by atoms with Crippen LogP contribution in [0.5, 0.6) is 0 Å². The van der Waals surface area contributed by atoms with Gasteiger partial charge >= 0.3 is 0 Å². The standard InChI is InChI=1S/C18H18FN3O2/c1-12(13-4-7-15(19)8-5-13)24-11-16(20)14-6-9-17(21-10-14)18(2,3)22-23/h4-11H,1,20H2,2-3H3/b16-11-.